The van der Waals surface area contributed by atoms with Crippen LogP contribution in [0.2, 0.25) is 0 Å². The molecule has 0 spiro atoms. The van der Waals surface area contributed by atoms with Crippen LogP contribution in [0.25, 0.3) is 0 Å². The number of aromatic nitrogens is 3. The van der Waals surface area contributed by atoms with Gasteiger partial charge in [-0.1, -0.05) is 13.3 Å². The van der Waals surface area contributed by atoms with Gasteiger partial charge in [0.15, 0.2) is 0 Å². The van der Waals surface area contributed by atoms with Crippen LogP contribution in [-0.2, 0) is 6.42 Å². The van der Waals surface area contributed by atoms with Gasteiger partial charge in [-0.2, -0.15) is 0 Å². The van der Waals surface area contributed by atoms with Gasteiger partial charge in [0.1, 0.15) is 22.2 Å². The number of nitrogen functional groups attached to an aromatic ring is 1. The quantitative estimate of drug-likeness (QED) is 0.495. The van der Waals surface area contributed by atoms with Gasteiger partial charge >= 0.3 is 0 Å². The Kier molecular flexibility index (Phi) is 5.12. The number of hydrazine groups is 1. The molecule has 0 amide bonds. The van der Waals surface area contributed by atoms with Crippen molar-refractivity contribution in [3.05, 3.63) is 34.7 Å². The molecule has 0 bridgehead atoms. The zero-order valence-electron chi connectivity index (χ0n) is 10.4. The Morgan fingerprint density at radius 2 is 2.16 bits per heavy atom. The fraction of sp³-hybridized carbons (Fsp3) is 0.250. The Labute approximate surface area is 124 Å². The molecule has 0 radical (unpaired) electrons. The fourth-order valence-electron chi connectivity index (χ4n) is 1.61. The maximum atomic E-state index is 5.49. The highest BCUT2D eigenvalue weighted by atomic mass is 79.9. The highest BCUT2D eigenvalue weighted by Crippen LogP contribution is 2.30. The van der Waals surface area contributed by atoms with Crippen molar-refractivity contribution in [3.63, 3.8) is 0 Å². The monoisotopic (exact) mass is 339 g/mol. The maximum Gasteiger partial charge on any atom is 0.147 e. The molecule has 19 heavy (non-hydrogen) atoms. The summed E-state index contributed by atoms with van der Waals surface area (Å²) in [4.78, 5) is 12.8. The molecule has 100 valence electrons. The summed E-state index contributed by atoms with van der Waals surface area (Å²) in [7, 11) is 0. The SMILES string of the molecule is CCCc1c(NN)ncnc1Sc1ccc(Br)cn1. The van der Waals surface area contributed by atoms with E-state index in [9.17, 15) is 0 Å². The Morgan fingerprint density at radius 1 is 1.32 bits per heavy atom. The van der Waals surface area contributed by atoms with Crippen LogP contribution in [0.15, 0.2) is 39.2 Å². The number of halogens is 1. The fourth-order valence-corrected chi connectivity index (χ4v) is 2.70. The molecule has 0 atom stereocenters. The first-order chi connectivity index (χ1) is 9.24. The van der Waals surface area contributed by atoms with Gasteiger partial charge in [0.2, 0.25) is 0 Å². The van der Waals surface area contributed by atoms with E-state index in [4.69, 9.17) is 5.84 Å². The smallest absolute Gasteiger partial charge is 0.147 e. The van der Waals surface area contributed by atoms with Crippen LogP contribution < -0.4 is 11.3 Å². The van der Waals surface area contributed by atoms with Gasteiger partial charge in [-0.15, -0.1) is 0 Å². The summed E-state index contributed by atoms with van der Waals surface area (Å²) >= 11 is 4.88. The zero-order valence-corrected chi connectivity index (χ0v) is 12.8. The number of hydrogen-bond acceptors (Lipinski definition) is 6. The normalized spacial score (nSPS) is 10.5. The minimum Gasteiger partial charge on any atom is -0.308 e. The summed E-state index contributed by atoms with van der Waals surface area (Å²) < 4.78 is 0.956. The third kappa shape index (κ3) is 3.65. The third-order valence-corrected chi connectivity index (χ3v) is 3.91. The van der Waals surface area contributed by atoms with Crippen molar-refractivity contribution in [2.24, 2.45) is 5.84 Å². The van der Waals surface area contributed by atoms with Crippen LogP contribution in [-0.4, -0.2) is 15.0 Å². The molecule has 7 heteroatoms. The zero-order chi connectivity index (χ0) is 13.7. The molecule has 2 aromatic rings. The highest BCUT2D eigenvalue weighted by Gasteiger charge is 2.11. The summed E-state index contributed by atoms with van der Waals surface area (Å²) in [6, 6.07) is 3.90. The molecular weight excluding hydrogens is 326 g/mol. The second kappa shape index (κ2) is 6.83. The van der Waals surface area contributed by atoms with Gasteiger partial charge in [-0.3, -0.25) is 0 Å². The molecule has 2 rings (SSSR count). The lowest BCUT2D eigenvalue weighted by atomic mass is 10.2. The van der Waals surface area contributed by atoms with Crippen molar-refractivity contribution in [2.45, 2.75) is 29.8 Å². The molecule has 0 aliphatic carbocycles. The molecule has 2 heterocycles. The van der Waals surface area contributed by atoms with Crippen molar-refractivity contribution < 1.29 is 0 Å². The highest BCUT2D eigenvalue weighted by molar-refractivity contribution is 9.10. The summed E-state index contributed by atoms with van der Waals surface area (Å²) in [6.07, 6.45) is 5.16. The van der Waals surface area contributed by atoms with Gasteiger partial charge in [0, 0.05) is 16.2 Å². The number of hydrogen-bond donors (Lipinski definition) is 2. The molecule has 0 aromatic carbocycles. The van der Waals surface area contributed by atoms with Crippen LogP contribution in [0.3, 0.4) is 0 Å². The van der Waals surface area contributed by atoms with E-state index in [1.54, 1.807) is 6.20 Å². The van der Waals surface area contributed by atoms with Gasteiger partial charge in [-0.05, 0) is 46.2 Å². The predicted molar refractivity (Wildman–Crippen MR) is 79.9 cm³/mol. The maximum absolute atomic E-state index is 5.49. The van der Waals surface area contributed by atoms with Gasteiger partial charge in [-0.25, -0.2) is 20.8 Å². The van der Waals surface area contributed by atoms with Crippen molar-refractivity contribution in [3.8, 4) is 0 Å². The van der Waals surface area contributed by atoms with E-state index in [-0.39, 0.29) is 0 Å². The van der Waals surface area contributed by atoms with Crippen molar-refractivity contribution in [2.75, 3.05) is 5.43 Å². The Hall–Kier alpha value is -1.18. The molecule has 3 N–H and O–H groups in total. The van der Waals surface area contributed by atoms with Crippen LogP contribution in [0, 0.1) is 0 Å². The number of pyridine rings is 1. The van der Waals surface area contributed by atoms with Crippen LogP contribution in [0.5, 0.6) is 0 Å². The standard InChI is InChI=1S/C12H14BrN5S/c1-2-3-9-11(18-14)16-7-17-12(9)19-10-5-4-8(13)6-15-10/h4-7H,2-3,14H2,1H3,(H,16,17,18). The average Bonchev–Trinajstić information content (AvgIpc) is 2.43. The number of nitrogens with two attached hydrogens (primary N) is 1. The van der Waals surface area contributed by atoms with Crippen LogP contribution in [0.4, 0.5) is 5.82 Å². The molecule has 0 saturated carbocycles. The summed E-state index contributed by atoms with van der Waals surface area (Å²) in [5, 5.41) is 1.78. The number of rotatable bonds is 5. The average molecular weight is 340 g/mol. The van der Waals surface area contributed by atoms with Crippen LogP contribution in [0.1, 0.15) is 18.9 Å². The topological polar surface area (TPSA) is 76.7 Å². The Bertz CT molecular complexity index is 546. The molecule has 5 nitrogen and oxygen atoms in total. The molecular formula is C12H14BrN5S. The first-order valence-electron chi connectivity index (χ1n) is 5.84. The molecule has 0 unspecified atom stereocenters. The Morgan fingerprint density at radius 3 is 2.79 bits per heavy atom. The van der Waals surface area contributed by atoms with Crippen molar-refractivity contribution >= 4 is 33.5 Å². The van der Waals surface area contributed by atoms with Crippen molar-refractivity contribution in [1.82, 2.24) is 15.0 Å². The van der Waals surface area contributed by atoms with E-state index in [2.05, 4.69) is 43.2 Å². The van der Waals surface area contributed by atoms with E-state index < -0.39 is 0 Å². The lowest BCUT2D eigenvalue weighted by Crippen LogP contribution is -2.12. The number of nitrogens with one attached hydrogen (secondary N) is 1. The summed E-state index contributed by atoms with van der Waals surface area (Å²) in [5.74, 6) is 6.17. The lowest BCUT2D eigenvalue weighted by Gasteiger charge is -2.10. The van der Waals surface area contributed by atoms with Crippen molar-refractivity contribution in [1.29, 1.82) is 0 Å². The molecule has 0 aliphatic rings. The van der Waals surface area contributed by atoms with Gasteiger partial charge in [0.25, 0.3) is 0 Å². The molecule has 0 fully saturated rings. The molecule has 0 saturated heterocycles. The number of nitrogens with zero attached hydrogens (tertiary/aromatic N) is 3. The minimum atomic E-state index is 0.677. The summed E-state index contributed by atoms with van der Waals surface area (Å²) in [5.41, 5.74) is 3.65. The van der Waals surface area contributed by atoms with Gasteiger partial charge in [0.05, 0.1) is 0 Å². The van der Waals surface area contributed by atoms with E-state index in [0.29, 0.717) is 5.82 Å². The third-order valence-electron chi connectivity index (χ3n) is 2.44. The predicted octanol–water partition coefficient (Wildman–Crippen LogP) is 3.02. The van der Waals surface area contributed by atoms with Crippen LogP contribution >= 0.6 is 27.7 Å². The first-order valence-corrected chi connectivity index (χ1v) is 7.45. The van der Waals surface area contributed by atoms with Gasteiger partial charge < -0.3 is 5.43 Å². The van der Waals surface area contributed by atoms with E-state index in [0.717, 1.165) is 32.9 Å². The second-order valence-electron chi connectivity index (χ2n) is 3.82. The Balaban J connectivity index is 2.30. The molecule has 2 aromatic heterocycles. The first kappa shape index (κ1) is 14.2. The molecule has 0 aliphatic heterocycles. The minimum absolute atomic E-state index is 0.677. The van der Waals surface area contributed by atoms with E-state index in [1.165, 1.54) is 18.1 Å². The van der Waals surface area contributed by atoms with E-state index in [1.807, 2.05) is 12.1 Å². The lowest BCUT2D eigenvalue weighted by molar-refractivity contribution is 0.855. The summed E-state index contributed by atoms with van der Waals surface area (Å²) in [6.45, 7) is 2.11. The van der Waals surface area contributed by atoms with E-state index >= 15 is 0 Å². The second-order valence-corrected chi connectivity index (χ2v) is 5.74. The number of anilines is 1. The largest absolute Gasteiger partial charge is 0.308 e.